The van der Waals surface area contributed by atoms with Crippen LogP contribution >= 0.6 is 27.5 Å². The molecule has 0 aliphatic carbocycles. The molecule has 4 heteroatoms. The van der Waals surface area contributed by atoms with Gasteiger partial charge >= 0.3 is 0 Å². The molecule has 0 aliphatic heterocycles. The number of rotatable bonds is 5. The van der Waals surface area contributed by atoms with Gasteiger partial charge in [-0.05, 0) is 24.6 Å². The maximum absolute atomic E-state index is 10.7. The molecule has 0 atom stereocenters. The van der Waals surface area contributed by atoms with Crippen molar-refractivity contribution in [2.75, 3.05) is 12.5 Å². The summed E-state index contributed by atoms with van der Waals surface area (Å²) in [5, 5.41) is 0. The van der Waals surface area contributed by atoms with Gasteiger partial charge in [-0.15, -0.1) is 11.6 Å². The molecule has 1 aromatic rings. The fraction of sp³-hybridized carbons (Fsp3) is 0.300. The highest BCUT2D eigenvalue weighted by atomic mass is 79.9. The number of carbonyl (C=O) groups is 1. The van der Waals surface area contributed by atoms with Gasteiger partial charge in [0.2, 0.25) is 0 Å². The van der Waals surface area contributed by atoms with Crippen molar-refractivity contribution in [3.8, 4) is 5.75 Å². The zero-order valence-electron chi connectivity index (χ0n) is 7.50. The minimum Gasteiger partial charge on any atom is -0.493 e. The van der Waals surface area contributed by atoms with Crippen LogP contribution in [0.3, 0.4) is 0 Å². The minimum absolute atomic E-state index is 0.534. The molecule has 1 aromatic carbocycles. The molecule has 14 heavy (non-hydrogen) atoms. The zero-order chi connectivity index (χ0) is 10.4. The lowest BCUT2D eigenvalue weighted by molar-refractivity contribution is 0.111. The number of benzene rings is 1. The van der Waals surface area contributed by atoms with Crippen molar-refractivity contribution in [2.24, 2.45) is 0 Å². The molecular formula is C10H10BrClO2. The van der Waals surface area contributed by atoms with Gasteiger partial charge in [0, 0.05) is 10.4 Å². The number of halogens is 2. The molecule has 0 amide bonds. The van der Waals surface area contributed by atoms with E-state index in [2.05, 4.69) is 15.9 Å². The van der Waals surface area contributed by atoms with E-state index in [0.29, 0.717) is 23.8 Å². The lowest BCUT2D eigenvalue weighted by Gasteiger charge is -2.07. The zero-order valence-corrected chi connectivity index (χ0v) is 9.85. The lowest BCUT2D eigenvalue weighted by atomic mass is 10.2. The van der Waals surface area contributed by atoms with Crippen LogP contribution in [0.5, 0.6) is 5.75 Å². The second kappa shape index (κ2) is 6.04. The van der Waals surface area contributed by atoms with Crippen LogP contribution in [-0.2, 0) is 0 Å². The average molecular weight is 278 g/mol. The molecule has 0 spiro atoms. The third-order valence-electron chi connectivity index (χ3n) is 1.63. The molecule has 0 radical (unpaired) electrons. The SMILES string of the molecule is O=Cc1cc(Br)ccc1OCCCCl. The Kier molecular flexibility index (Phi) is 4.98. The Morgan fingerprint density at radius 3 is 2.93 bits per heavy atom. The topological polar surface area (TPSA) is 26.3 Å². The molecule has 0 heterocycles. The van der Waals surface area contributed by atoms with Crippen LogP contribution in [0.15, 0.2) is 22.7 Å². The largest absolute Gasteiger partial charge is 0.493 e. The average Bonchev–Trinajstić information content (AvgIpc) is 2.20. The lowest BCUT2D eigenvalue weighted by Crippen LogP contribution is -2.00. The summed E-state index contributed by atoms with van der Waals surface area (Å²) < 4.78 is 6.25. The van der Waals surface area contributed by atoms with Gasteiger partial charge in [0.15, 0.2) is 6.29 Å². The van der Waals surface area contributed by atoms with Gasteiger partial charge in [-0.25, -0.2) is 0 Å². The minimum atomic E-state index is 0.534. The Balaban J connectivity index is 2.70. The van der Waals surface area contributed by atoms with E-state index in [0.717, 1.165) is 17.2 Å². The predicted octanol–water partition coefficient (Wildman–Crippen LogP) is 3.27. The third kappa shape index (κ3) is 3.31. The van der Waals surface area contributed by atoms with Crippen LogP contribution in [0.4, 0.5) is 0 Å². The van der Waals surface area contributed by atoms with E-state index in [1.54, 1.807) is 12.1 Å². The van der Waals surface area contributed by atoms with E-state index >= 15 is 0 Å². The first-order valence-corrected chi connectivity index (χ1v) is 5.54. The second-order valence-corrected chi connectivity index (χ2v) is 3.98. The Morgan fingerprint density at radius 1 is 1.50 bits per heavy atom. The highest BCUT2D eigenvalue weighted by molar-refractivity contribution is 9.10. The number of hydrogen-bond acceptors (Lipinski definition) is 2. The van der Waals surface area contributed by atoms with Crippen LogP contribution in [0.25, 0.3) is 0 Å². The van der Waals surface area contributed by atoms with E-state index < -0.39 is 0 Å². The van der Waals surface area contributed by atoms with E-state index in [9.17, 15) is 4.79 Å². The first-order valence-electron chi connectivity index (χ1n) is 4.21. The van der Waals surface area contributed by atoms with Gasteiger partial charge in [0.25, 0.3) is 0 Å². The van der Waals surface area contributed by atoms with Crippen LogP contribution in [0.1, 0.15) is 16.8 Å². The molecule has 0 bridgehead atoms. The molecule has 0 N–H and O–H groups in total. The van der Waals surface area contributed by atoms with Crippen LogP contribution in [0, 0.1) is 0 Å². The standard InChI is InChI=1S/C10H10BrClO2/c11-9-2-3-10(8(6-9)7-13)14-5-1-4-12/h2-3,6-7H,1,4-5H2. The summed E-state index contributed by atoms with van der Waals surface area (Å²) in [6.45, 7) is 0.534. The van der Waals surface area contributed by atoms with Gasteiger partial charge < -0.3 is 4.74 Å². The quantitative estimate of drug-likeness (QED) is 0.469. The Morgan fingerprint density at radius 2 is 2.29 bits per heavy atom. The Bertz CT molecular complexity index is 315. The summed E-state index contributed by atoms with van der Waals surface area (Å²) in [6.07, 6.45) is 1.55. The maximum Gasteiger partial charge on any atom is 0.153 e. The molecule has 0 saturated heterocycles. The van der Waals surface area contributed by atoms with Gasteiger partial charge in [-0.1, -0.05) is 15.9 Å². The van der Waals surface area contributed by atoms with E-state index in [-0.39, 0.29) is 0 Å². The molecule has 0 fully saturated rings. The summed E-state index contributed by atoms with van der Waals surface area (Å²) in [5.74, 6) is 1.17. The summed E-state index contributed by atoms with van der Waals surface area (Å²) >= 11 is 8.79. The van der Waals surface area contributed by atoms with Gasteiger partial charge in [-0.3, -0.25) is 4.79 Å². The van der Waals surface area contributed by atoms with Gasteiger partial charge in [0.05, 0.1) is 12.2 Å². The Hall–Kier alpha value is -0.540. The first kappa shape index (κ1) is 11.5. The fourth-order valence-corrected chi connectivity index (χ4v) is 1.47. The number of alkyl halides is 1. The smallest absolute Gasteiger partial charge is 0.153 e. The van der Waals surface area contributed by atoms with Crippen molar-refractivity contribution in [3.05, 3.63) is 28.2 Å². The van der Waals surface area contributed by atoms with E-state index in [4.69, 9.17) is 16.3 Å². The Labute approximate surface area is 96.3 Å². The van der Waals surface area contributed by atoms with Crippen molar-refractivity contribution >= 4 is 33.8 Å². The summed E-state index contributed by atoms with van der Waals surface area (Å²) in [7, 11) is 0. The molecule has 0 aliphatic rings. The van der Waals surface area contributed by atoms with Crippen molar-refractivity contribution in [1.29, 1.82) is 0 Å². The molecule has 0 saturated carbocycles. The fourth-order valence-electron chi connectivity index (χ4n) is 0.980. The number of ether oxygens (including phenoxy) is 1. The van der Waals surface area contributed by atoms with Gasteiger partial charge in [-0.2, -0.15) is 0 Å². The number of carbonyl (C=O) groups excluding carboxylic acids is 1. The molecule has 1 rings (SSSR count). The normalized spacial score (nSPS) is 9.86. The summed E-state index contributed by atoms with van der Waals surface area (Å²) in [5.41, 5.74) is 0.550. The molecule has 2 nitrogen and oxygen atoms in total. The molecule has 0 unspecified atom stereocenters. The van der Waals surface area contributed by atoms with Gasteiger partial charge in [0.1, 0.15) is 5.75 Å². The van der Waals surface area contributed by atoms with Crippen LogP contribution in [0.2, 0.25) is 0 Å². The first-order chi connectivity index (χ1) is 6.77. The summed E-state index contributed by atoms with van der Waals surface area (Å²) in [6, 6.07) is 5.33. The maximum atomic E-state index is 10.7. The monoisotopic (exact) mass is 276 g/mol. The second-order valence-electron chi connectivity index (χ2n) is 2.69. The molecule has 0 aromatic heterocycles. The third-order valence-corrected chi connectivity index (χ3v) is 2.39. The van der Waals surface area contributed by atoms with Crippen molar-refractivity contribution in [3.63, 3.8) is 0 Å². The van der Waals surface area contributed by atoms with Crippen LogP contribution < -0.4 is 4.74 Å². The molecule has 76 valence electrons. The highest BCUT2D eigenvalue weighted by Gasteiger charge is 2.02. The van der Waals surface area contributed by atoms with Crippen molar-refractivity contribution < 1.29 is 9.53 Å². The predicted molar refractivity (Wildman–Crippen MR) is 60.4 cm³/mol. The summed E-state index contributed by atoms with van der Waals surface area (Å²) in [4.78, 5) is 10.7. The number of aldehydes is 1. The van der Waals surface area contributed by atoms with E-state index in [1.165, 1.54) is 0 Å². The number of hydrogen-bond donors (Lipinski definition) is 0. The van der Waals surface area contributed by atoms with Crippen LogP contribution in [-0.4, -0.2) is 18.8 Å². The van der Waals surface area contributed by atoms with Crippen molar-refractivity contribution in [1.82, 2.24) is 0 Å². The highest BCUT2D eigenvalue weighted by Crippen LogP contribution is 2.21. The van der Waals surface area contributed by atoms with E-state index in [1.807, 2.05) is 6.07 Å². The van der Waals surface area contributed by atoms with Crippen molar-refractivity contribution in [2.45, 2.75) is 6.42 Å². The molecular weight excluding hydrogens is 267 g/mol.